The molecule has 1 aliphatic rings. The molecule has 0 aromatic heterocycles. The van der Waals surface area contributed by atoms with Crippen LogP contribution in [0, 0.1) is 5.92 Å². The molecule has 0 spiro atoms. The van der Waals surface area contributed by atoms with Gasteiger partial charge in [-0.25, -0.2) is 8.42 Å². The van der Waals surface area contributed by atoms with E-state index in [0.717, 1.165) is 50.4 Å². The smallest absolute Gasteiger partial charge is 0.164 e. The van der Waals surface area contributed by atoms with Gasteiger partial charge < -0.3 is 5.73 Å². The highest BCUT2D eigenvalue weighted by Gasteiger charge is 2.30. The molecule has 1 heterocycles. The minimum Gasteiger partial charge on any atom is -0.330 e. The third kappa shape index (κ3) is 6.02. The molecule has 0 radical (unpaired) electrons. The fourth-order valence-electron chi connectivity index (χ4n) is 2.64. The molecule has 1 fully saturated rings. The van der Waals surface area contributed by atoms with Gasteiger partial charge in [-0.1, -0.05) is 13.3 Å². The fraction of sp³-hybridized carbons (Fsp3) is 1.00. The van der Waals surface area contributed by atoms with Crippen molar-refractivity contribution in [2.75, 3.05) is 37.4 Å². The van der Waals surface area contributed by atoms with E-state index in [1.165, 1.54) is 12.7 Å². The molecular formula is C13H28N2O2S2. The predicted molar refractivity (Wildman–Crippen MR) is 84.2 cm³/mol. The summed E-state index contributed by atoms with van der Waals surface area (Å²) < 4.78 is 23.6. The lowest BCUT2D eigenvalue weighted by Gasteiger charge is -2.34. The summed E-state index contributed by atoms with van der Waals surface area (Å²) >= 11 is 1.75. The molecular weight excluding hydrogens is 280 g/mol. The van der Waals surface area contributed by atoms with Crippen molar-refractivity contribution in [1.82, 2.24) is 4.90 Å². The van der Waals surface area contributed by atoms with Crippen LogP contribution in [-0.4, -0.2) is 56.1 Å². The van der Waals surface area contributed by atoms with Crippen molar-refractivity contribution in [2.24, 2.45) is 11.7 Å². The van der Waals surface area contributed by atoms with Crippen LogP contribution in [0.1, 0.15) is 32.6 Å². The van der Waals surface area contributed by atoms with Crippen molar-refractivity contribution >= 4 is 21.6 Å². The summed E-state index contributed by atoms with van der Waals surface area (Å²) in [4.78, 5) is 2.15. The second-order valence-corrected chi connectivity index (χ2v) is 8.74. The number of hydrogen-bond acceptors (Lipinski definition) is 5. The Morgan fingerprint density at radius 1 is 1.42 bits per heavy atom. The Labute approximate surface area is 122 Å². The number of thioether (sulfide) groups is 1. The highest BCUT2D eigenvalue weighted by atomic mass is 32.2. The average Bonchev–Trinajstić information content (AvgIpc) is 2.37. The molecule has 0 aromatic rings. The molecule has 0 aliphatic carbocycles. The van der Waals surface area contributed by atoms with Crippen LogP contribution in [0.2, 0.25) is 0 Å². The molecule has 1 rings (SSSR count). The van der Waals surface area contributed by atoms with Crippen LogP contribution >= 0.6 is 11.8 Å². The maximum Gasteiger partial charge on any atom is 0.164 e. The largest absolute Gasteiger partial charge is 0.330 e. The van der Waals surface area contributed by atoms with Crippen LogP contribution in [0.25, 0.3) is 0 Å². The van der Waals surface area contributed by atoms with Crippen molar-refractivity contribution < 1.29 is 8.42 Å². The van der Waals surface area contributed by atoms with Gasteiger partial charge in [-0.15, -0.1) is 0 Å². The Balaban J connectivity index is 2.41. The summed E-state index contributed by atoms with van der Waals surface area (Å²) in [5, 5.41) is -0.277. The third-order valence-electron chi connectivity index (χ3n) is 3.89. The number of rotatable bonds is 8. The average molecular weight is 309 g/mol. The van der Waals surface area contributed by atoms with Crippen LogP contribution < -0.4 is 5.73 Å². The molecule has 2 unspecified atom stereocenters. The molecule has 2 N–H and O–H groups in total. The van der Waals surface area contributed by atoms with Crippen molar-refractivity contribution in [2.45, 2.75) is 38.0 Å². The van der Waals surface area contributed by atoms with Crippen molar-refractivity contribution in [1.29, 1.82) is 0 Å². The zero-order chi connectivity index (χ0) is 14.3. The SMILES string of the molecule is CCC(CCN)CCCN1CCSCC1S(C)(=O)=O. The van der Waals surface area contributed by atoms with Gasteiger partial charge in [0.25, 0.3) is 0 Å². The molecule has 1 saturated heterocycles. The van der Waals surface area contributed by atoms with E-state index in [-0.39, 0.29) is 5.37 Å². The molecule has 2 atom stereocenters. The standard InChI is InChI=1S/C13H28N2O2S2/c1-3-12(6-7-14)5-4-8-15-9-10-18-11-13(15)19(2,16)17/h12-13H,3-11,14H2,1-2H3. The summed E-state index contributed by atoms with van der Waals surface area (Å²) in [6.45, 7) is 4.76. The summed E-state index contributed by atoms with van der Waals surface area (Å²) in [6, 6.07) is 0. The first-order valence-corrected chi connectivity index (χ1v) is 10.3. The minimum atomic E-state index is -2.96. The zero-order valence-electron chi connectivity index (χ0n) is 12.2. The Morgan fingerprint density at radius 3 is 2.74 bits per heavy atom. The molecule has 6 heteroatoms. The van der Waals surface area contributed by atoms with E-state index in [4.69, 9.17) is 5.73 Å². The lowest BCUT2D eigenvalue weighted by molar-refractivity contribution is 0.255. The van der Waals surface area contributed by atoms with Gasteiger partial charge in [0.2, 0.25) is 0 Å². The normalized spacial score (nSPS) is 23.4. The molecule has 1 aliphatic heterocycles. The van der Waals surface area contributed by atoms with Crippen molar-refractivity contribution in [3.05, 3.63) is 0 Å². The van der Waals surface area contributed by atoms with Gasteiger partial charge in [0.05, 0.1) is 0 Å². The Hall–Kier alpha value is 0.220. The molecule has 0 aromatic carbocycles. The first-order valence-electron chi connectivity index (χ1n) is 7.19. The van der Waals surface area contributed by atoms with E-state index in [9.17, 15) is 8.42 Å². The Morgan fingerprint density at radius 2 is 2.16 bits per heavy atom. The van der Waals surface area contributed by atoms with Crippen LogP contribution in [-0.2, 0) is 9.84 Å². The van der Waals surface area contributed by atoms with E-state index in [1.807, 2.05) is 0 Å². The van der Waals surface area contributed by atoms with Crippen LogP contribution in [0.3, 0.4) is 0 Å². The Kier molecular flexibility index (Phi) is 7.72. The molecule has 19 heavy (non-hydrogen) atoms. The summed E-state index contributed by atoms with van der Waals surface area (Å²) in [7, 11) is -2.96. The van der Waals surface area contributed by atoms with Gasteiger partial charge in [-0.3, -0.25) is 4.90 Å². The first kappa shape index (κ1) is 17.3. The second kappa shape index (κ2) is 8.49. The fourth-order valence-corrected chi connectivity index (χ4v) is 5.61. The first-order chi connectivity index (χ1) is 8.99. The van der Waals surface area contributed by atoms with E-state index < -0.39 is 9.84 Å². The maximum atomic E-state index is 11.8. The van der Waals surface area contributed by atoms with Crippen LogP contribution in [0.4, 0.5) is 0 Å². The zero-order valence-corrected chi connectivity index (χ0v) is 13.8. The summed E-state index contributed by atoms with van der Waals surface area (Å²) in [5.41, 5.74) is 5.61. The summed E-state index contributed by atoms with van der Waals surface area (Å²) in [6.07, 6.45) is 5.85. The van der Waals surface area contributed by atoms with Gasteiger partial charge in [-0.2, -0.15) is 11.8 Å². The summed E-state index contributed by atoms with van der Waals surface area (Å²) in [5.74, 6) is 2.46. The van der Waals surface area contributed by atoms with Gasteiger partial charge in [0.15, 0.2) is 9.84 Å². The van der Waals surface area contributed by atoms with E-state index in [0.29, 0.717) is 5.92 Å². The molecule has 4 nitrogen and oxygen atoms in total. The van der Waals surface area contributed by atoms with Gasteiger partial charge >= 0.3 is 0 Å². The Bertz CT molecular complexity index is 347. The number of hydrogen-bond donors (Lipinski definition) is 1. The third-order valence-corrected chi connectivity index (χ3v) is 6.58. The number of sulfone groups is 1. The maximum absolute atomic E-state index is 11.8. The highest BCUT2D eigenvalue weighted by Crippen LogP contribution is 2.22. The lowest BCUT2D eigenvalue weighted by atomic mass is 9.96. The van der Waals surface area contributed by atoms with E-state index in [1.54, 1.807) is 11.8 Å². The molecule has 0 amide bonds. The van der Waals surface area contributed by atoms with Gasteiger partial charge in [-0.05, 0) is 38.3 Å². The number of nitrogens with zero attached hydrogens (tertiary/aromatic N) is 1. The highest BCUT2D eigenvalue weighted by molar-refractivity contribution is 8.00. The van der Waals surface area contributed by atoms with Gasteiger partial charge in [0, 0.05) is 24.3 Å². The van der Waals surface area contributed by atoms with Crippen molar-refractivity contribution in [3.8, 4) is 0 Å². The predicted octanol–water partition coefficient (Wildman–Crippen LogP) is 1.56. The van der Waals surface area contributed by atoms with Crippen LogP contribution in [0.5, 0.6) is 0 Å². The van der Waals surface area contributed by atoms with Crippen molar-refractivity contribution in [3.63, 3.8) is 0 Å². The van der Waals surface area contributed by atoms with E-state index in [2.05, 4.69) is 11.8 Å². The second-order valence-electron chi connectivity index (χ2n) is 5.39. The number of nitrogens with two attached hydrogens (primary N) is 1. The van der Waals surface area contributed by atoms with Crippen LogP contribution in [0.15, 0.2) is 0 Å². The molecule has 114 valence electrons. The van der Waals surface area contributed by atoms with E-state index >= 15 is 0 Å². The minimum absolute atomic E-state index is 0.277. The van der Waals surface area contributed by atoms with Gasteiger partial charge in [0.1, 0.15) is 5.37 Å². The lowest BCUT2D eigenvalue weighted by Crippen LogP contribution is -2.47. The quantitative estimate of drug-likeness (QED) is 0.737. The molecule has 0 saturated carbocycles. The molecule has 0 bridgehead atoms. The monoisotopic (exact) mass is 308 g/mol. The topological polar surface area (TPSA) is 63.4 Å².